The van der Waals surface area contributed by atoms with E-state index in [4.69, 9.17) is 9.47 Å². The SMILES string of the molecule is C=CC(C)n1cc(C[C@H](NC(=O)OC(C)(C)C)C(=O)OC)c2ccccc21. The third-order valence-electron chi connectivity index (χ3n) is 4.20. The van der Waals surface area contributed by atoms with Crippen LogP contribution >= 0.6 is 0 Å². The Morgan fingerprint density at radius 2 is 1.96 bits per heavy atom. The Kier molecular flexibility index (Phi) is 6.31. The maximum atomic E-state index is 12.2. The second-order valence-electron chi connectivity index (χ2n) is 7.48. The van der Waals surface area contributed by atoms with Crippen molar-refractivity contribution in [1.29, 1.82) is 0 Å². The predicted octanol–water partition coefficient (Wildman–Crippen LogP) is 4.00. The summed E-state index contributed by atoms with van der Waals surface area (Å²) < 4.78 is 12.2. The number of esters is 1. The van der Waals surface area contributed by atoms with E-state index in [0.717, 1.165) is 16.5 Å². The molecule has 1 aromatic carbocycles. The lowest BCUT2D eigenvalue weighted by Gasteiger charge is -2.22. The lowest BCUT2D eigenvalue weighted by Crippen LogP contribution is -2.45. The van der Waals surface area contributed by atoms with Gasteiger partial charge in [0.2, 0.25) is 0 Å². The average molecular weight is 372 g/mol. The summed E-state index contributed by atoms with van der Waals surface area (Å²) in [7, 11) is 1.30. The lowest BCUT2D eigenvalue weighted by molar-refractivity contribution is -0.143. The summed E-state index contributed by atoms with van der Waals surface area (Å²) in [6, 6.07) is 7.19. The topological polar surface area (TPSA) is 69.6 Å². The molecule has 0 spiro atoms. The van der Waals surface area contributed by atoms with Crippen molar-refractivity contribution < 1.29 is 19.1 Å². The molecule has 1 heterocycles. The van der Waals surface area contributed by atoms with Gasteiger partial charge in [-0.3, -0.25) is 0 Å². The molecule has 1 aromatic heterocycles. The highest BCUT2D eigenvalue weighted by Crippen LogP contribution is 2.26. The van der Waals surface area contributed by atoms with Crippen LogP contribution in [0.2, 0.25) is 0 Å². The number of carbonyl (C=O) groups is 2. The van der Waals surface area contributed by atoms with E-state index in [-0.39, 0.29) is 6.04 Å². The van der Waals surface area contributed by atoms with Crippen molar-refractivity contribution in [3.8, 4) is 0 Å². The van der Waals surface area contributed by atoms with Gasteiger partial charge in [-0.25, -0.2) is 9.59 Å². The van der Waals surface area contributed by atoms with Gasteiger partial charge in [-0.15, -0.1) is 6.58 Å². The number of carbonyl (C=O) groups excluding carboxylic acids is 2. The largest absolute Gasteiger partial charge is 0.467 e. The summed E-state index contributed by atoms with van der Waals surface area (Å²) in [4.78, 5) is 24.4. The number of aromatic nitrogens is 1. The summed E-state index contributed by atoms with van der Waals surface area (Å²) in [5.74, 6) is -0.519. The molecule has 0 radical (unpaired) electrons. The molecule has 146 valence electrons. The molecule has 0 saturated carbocycles. The lowest BCUT2D eigenvalue weighted by atomic mass is 10.1. The van der Waals surface area contributed by atoms with Crippen LogP contribution in [0.5, 0.6) is 0 Å². The molecule has 0 bridgehead atoms. The molecule has 0 aliphatic rings. The fourth-order valence-corrected chi connectivity index (χ4v) is 2.90. The molecule has 2 aromatic rings. The fourth-order valence-electron chi connectivity index (χ4n) is 2.90. The van der Waals surface area contributed by atoms with Gasteiger partial charge >= 0.3 is 12.1 Å². The molecule has 6 heteroatoms. The Balaban J connectivity index is 2.33. The van der Waals surface area contributed by atoms with Crippen molar-refractivity contribution in [3.05, 3.63) is 48.7 Å². The van der Waals surface area contributed by atoms with Gasteiger partial charge < -0.3 is 19.4 Å². The Morgan fingerprint density at radius 3 is 2.56 bits per heavy atom. The quantitative estimate of drug-likeness (QED) is 0.615. The molecule has 1 N–H and O–H groups in total. The van der Waals surface area contributed by atoms with Crippen LogP contribution < -0.4 is 5.32 Å². The van der Waals surface area contributed by atoms with Gasteiger partial charge in [0, 0.05) is 29.6 Å². The minimum atomic E-state index is -0.844. The van der Waals surface area contributed by atoms with Gasteiger partial charge in [0.15, 0.2) is 0 Å². The zero-order valence-corrected chi connectivity index (χ0v) is 16.6. The van der Waals surface area contributed by atoms with Crippen LogP contribution in [0.3, 0.4) is 0 Å². The van der Waals surface area contributed by atoms with Gasteiger partial charge in [0.05, 0.1) is 7.11 Å². The molecule has 0 aliphatic carbocycles. The van der Waals surface area contributed by atoms with Gasteiger partial charge in [0.25, 0.3) is 0 Å². The molecule has 6 nitrogen and oxygen atoms in total. The van der Waals surface area contributed by atoms with Gasteiger partial charge in [-0.05, 0) is 39.3 Å². The van der Waals surface area contributed by atoms with Crippen LogP contribution in [0.4, 0.5) is 4.79 Å². The highest BCUT2D eigenvalue weighted by molar-refractivity contribution is 5.86. The molecule has 0 fully saturated rings. The van der Waals surface area contributed by atoms with E-state index in [0.29, 0.717) is 6.42 Å². The third-order valence-corrected chi connectivity index (χ3v) is 4.20. The number of nitrogens with one attached hydrogen (secondary N) is 1. The minimum Gasteiger partial charge on any atom is -0.467 e. The minimum absolute atomic E-state index is 0.0963. The number of alkyl carbamates (subject to hydrolysis) is 1. The Hall–Kier alpha value is -2.76. The first-order chi connectivity index (χ1) is 12.7. The fraction of sp³-hybridized carbons (Fsp3) is 0.429. The maximum absolute atomic E-state index is 12.2. The second kappa shape index (κ2) is 8.29. The number of methoxy groups -OCH3 is 1. The van der Waals surface area contributed by atoms with Crippen molar-refractivity contribution >= 4 is 23.0 Å². The van der Waals surface area contributed by atoms with Crippen LogP contribution in [0.25, 0.3) is 10.9 Å². The van der Waals surface area contributed by atoms with E-state index >= 15 is 0 Å². The van der Waals surface area contributed by atoms with Crippen molar-refractivity contribution in [2.75, 3.05) is 7.11 Å². The number of allylic oxidation sites excluding steroid dienone is 1. The molecule has 1 amide bonds. The molecule has 1 unspecified atom stereocenters. The normalized spacial score (nSPS) is 13.7. The van der Waals surface area contributed by atoms with Crippen molar-refractivity contribution in [2.45, 2.75) is 51.8 Å². The van der Waals surface area contributed by atoms with E-state index in [1.54, 1.807) is 20.8 Å². The first kappa shape index (κ1) is 20.6. The van der Waals surface area contributed by atoms with Crippen molar-refractivity contribution in [3.63, 3.8) is 0 Å². The van der Waals surface area contributed by atoms with Gasteiger partial charge in [-0.2, -0.15) is 0 Å². The summed E-state index contributed by atoms with van der Waals surface area (Å²) in [6.45, 7) is 11.2. The average Bonchev–Trinajstić information content (AvgIpc) is 2.97. The number of fused-ring (bicyclic) bond motifs is 1. The summed E-state index contributed by atoms with van der Waals surface area (Å²) in [5.41, 5.74) is 1.33. The number of rotatable bonds is 6. The van der Waals surface area contributed by atoms with Crippen LogP contribution in [0.1, 0.15) is 39.3 Å². The van der Waals surface area contributed by atoms with Crippen LogP contribution in [0, 0.1) is 0 Å². The maximum Gasteiger partial charge on any atom is 0.408 e. The number of benzene rings is 1. The first-order valence-electron chi connectivity index (χ1n) is 8.94. The summed E-state index contributed by atoms with van der Waals surface area (Å²) in [5, 5.41) is 3.64. The van der Waals surface area contributed by atoms with Gasteiger partial charge in [0.1, 0.15) is 11.6 Å². The van der Waals surface area contributed by atoms with Crippen molar-refractivity contribution in [1.82, 2.24) is 9.88 Å². The third kappa shape index (κ3) is 5.12. The van der Waals surface area contributed by atoms with E-state index in [1.165, 1.54) is 7.11 Å². The number of ether oxygens (including phenoxy) is 2. The number of amides is 1. The van der Waals surface area contributed by atoms with Crippen LogP contribution in [-0.2, 0) is 20.7 Å². The molecular weight excluding hydrogens is 344 g/mol. The molecule has 27 heavy (non-hydrogen) atoms. The summed E-state index contributed by atoms with van der Waals surface area (Å²) in [6.07, 6.45) is 3.49. The van der Waals surface area contributed by atoms with E-state index in [9.17, 15) is 9.59 Å². The summed E-state index contributed by atoms with van der Waals surface area (Å²) >= 11 is 0. The predicted molar refractivity (Wildman–Crippen MR) is 106 cm³/mol. The van der Waals surface area contributed by atoms with E-state index in [2.05, 4.69) is 16.5 Å². The van der Waals surface area contributed by atoms with E-state index in [1.807, 2.05) is 43.5 Å². The smallest absolute Gasteiger partial charge is 0.408 e. The standard InChI is InChI=1S/C21H28N2O4/c1-7-14(2)23-13-15(16-10-8-9-11-18(16)23)12-17(19(24)26-6)22-20(25)27-21(3,4)5/h7-11,13-14,17H,1,12H2,2-6H3,(H,22,25)/t14?,17-/m0/s1. The number of hydrogen-bond donors (Lipinski definition) is 1. The van der Waals surface area contributed by atoms with Crippen LogP contribution in [0.15, 0.2) is 43.1 Å². The zero-order chi connectivity index (χ0) is 20.2. The van der Waals surface area contributed by atoms with Crippen molar-refractivity contribution in [2.24, 2.45) is 0 Å². The highest BCUT2D eigenvalue weighted by atomic mass is 16.6. The molecule has 0 saturated heterocycles. The zero-order valence-electron chi connectivity index (χ0n) is 16.6. The number of nitrogens with zero attached hydrogens (tertiary/aromatic N) is 1. The van der Waals surface area contributed by atoms with Gasteiger partial charge in [-0.1, -0.05) is 24.3 Å². The van der Waals surface area contributed by atoms with E-state index < -0.39 is 23.7 Å². The molecule has 2 rings (SSSR count). The molecule has 0 aliphatic heterocycles. The monoisotopic (exact) mass is 372 g/mol. The Morgan fingerprint density at radius 1 is 1.30 bits per heavy atom. The molecule has 2 atom stereocenters. The Labute approximate surface area is 160 Å². The van der Waals surface area contributed by atoms with Crippen LogP contribution in [-0.4, -0.2) is 35.4 Å². The second-order valence-corrected chi connectivity index (χ2v) is 7.48. The molecular formula is C21H28N2O4. The number of hydrogen-bond acceptors (Lipinski definition) is 4. The Bertz CT molecular complexity index is 832. The number of para-hydroxylation sites is 1. The first-order valence-corrected chi connectivity index (χ1v) is 8.94. The highest BCUT2D eigenvalue weighted by Gasteiger charge is 2.26.